The van der Waals surface area contributed by atoms with Crippen molar-refractivity contribution in [1.82, 2.24) is 9.78 Å². The summed E-state index contributed by atoms with van der Waals surface area (Å²) >= 11 is 5.93. The lowest BCUT2D eigenvalue weighted by Crippen LogP contribution is -2.20. The van der Waals surface area contributed by atoms with E-state index in [1.165, 1.54) is 25.5 Å². The van der Waals surface area contributed by atoms with Crippen LogP contribution >= 0.6 is 11.6 Å². The molecular formula is C16H18ClN5O5. The number of ether oxygens (including phenoxy) is 2. The summed E-state index contributed by atoms with van der Waals surface area (Å²) in [6, 6.07) is 2.87. The third kappa shape index (κ3) is 4.73. The number of halogens is 1. The number of rotatable bonds is 8. The Morgan fingerprint density at radius 1 is 1.37 bits per heavy atom. The SMILES string of the molecule is CCOc1cc(/C=N\Nc2cnn(C)c(=O)c2Cl)cc([N+](=O)[O-])c1OCC. The normalized spacial score (nSPS) is 10.8. The van der Waals surface area contributed by atoms with Gasteiger partial charge in [0.1, 0.15) is 10.7 Å². The van der Waals surface area contributed by atoms with Crippen LogP contribution in [0.2, 0.25) is 5.02 Å². The van der Waals surface area contributed by atoms with Crippen molar-refractivity contribution in [1.29, 1.82) is 0 Å². The van der Waals surface area contributed by atoms with Gasteiger partial charge in [-0.2, -0.15) is 10.2 Å². The molecule has 0 bridgehead atoms. The summed E-state index contributed by atoms with van der Waals surface area (Å²) in [7, 11) is 1.47. The maximum Gasteiger partial charge on any atom is 0.315 e. The van der Waals surface area contributed by atoms with Crippen LogP contribution in [0.5, 0.6) is 11.5 Å². The largest absolute Gasteiger partial charge is 0.490 e. The highest BCUT2D eigenvalue weighted by atomic mass is 35.5. The molecule has 0 aliphatic carbocycles. The molecule has 0 amide bonds. The molecule has 0 aliphatic heterocycles. The number of nitrogens with zero attached hydrogens (tertiary/aromatic N) is 4. The number of hydrogen-bond acceptors (Lipinski definition) is 8. The van der Waals surface area contributed by atoms with Crippen molar-refractivity contribution in [3.63, 3.8) is 0 Å². The molecule has 0 saturated carbocycles. The standard InChI is InChI=1S/C16H18ClN5O5/c1-4-26-13-7-10(6-12(22(24)25)15(13)27-5-2)8-18-20-11-9-19-21(3)16(23)14(11)17/h6-9,20H,4-5H2,1-3H3/b18-8-. The zero-order valence-corrected chi connectivity index (χ0v) is 15.7. The number of nitro groups is 1. The molecular weight excluding hydrogens is 378 g/mol. The van der Waals surface area contributed by atoms with E-state index in [0.717, 1.165) is 4.68 Å². The minimum absolute atomic E-state index is 0.0632. The van der Waals surface area contributed by atoms with E-state index in [4.69, 9.17) is 21.1 Å². The Bertz CT molecular complexity index is 928. The summed E-state index contributed by atoms with van der Waals surface area (Å²) < 4.78 is 11.9. The van der Waals surface area contributed by atoms with Gasteiger partial charge in [0.2, 0.25) is 5.75 Å². The van der Waals surface area contributed by atoms with E-state index in [9.17, 15) is 14.9 Å². The number of aryl methyl sites for hydroxylation is 1. The van der Waals surface area contributed by atoms with Crippen molar-refractivity contribution in [3.8, 4) is 11.5 Å². The van der Waals surface area contributed by atoms with Gasteiger partial charge in [-0.25, -0.2) is 4.68 Å². The Labute approximate surface area is 159 Å². The predicted octanol–water partition coefficient (Wildman–Crippen LogP) is 2.59. The van der Waals surface area contributed by atoms with E-state index in [2.05, 4.69) is 15.6 Å². The number of anilines is 1. The van der Waals surface area contributed by atoms with E-state index in [0.29, 0.717) is 12.2 Å². The molecule has 10 nitrogen and oxygen atoms in total. The molecule has 11 heteroatoms. The molecule has 0 atom stereocenters. The Balaban J connectivity index is 2.35. The van der Waals surface area contributed by atoms with E-state index >= 15 is 0 Å². The molecule has 1 N–H and O–H groups in total. The van der Waals surface area contributed by atoms with Crippen molar-refractivity contribution in [3.05, 3.63) is 49.4 Å². The lowest BCUT2D eigenvalue weighted by atomic mass is 10.2. The Kier molecular flexibility index (Phi) is 6.72. The molecule has 0 radical (unpaired) electrons. The first-order chi connectivity index (χ1) is 12.9. The zero-order valence-electron chi connectivity index (χ0n) is 14.9. The topological polar surface area (TPSA) is 121 Å². The van der Waals surface area contributed by atoms with Gasteiger partial charge in [0.15, 0.2) is 5.75 Å². The molecule has 2 rings (SSSR count). The molecule has 2 aromatic rings. The highest BCUT2D eigenvalue weighted by molar-refractivity contribution is 6.32. The summed E-state index contributed by atoms with van der Waals surface area (Å²) in [5.41, 5.74) is 2.48. The molecule has 1 heterocycles. The van der Waals surface area contributed by atoms with Crippen molar-refractivity contribution in [2.75, 3.05) is 18.6 Å². The first-order valence-corrected chi connectivity index (χ1v) is 8.35. The number of aromatic nitrogens is 2. The summed E-state index contributed by atoms with van der Waals surface area (Å²) in [6.45, 7) is 4.05. The molecule has 27 heavy (non-hydrogen) atoms. The van der Waals surface area contributed by atoms with Crippen LogP contribution in [0.25, 0.3) is 0 Å². The summed E-state index contributed by atoms with van der Waals surface area (Å²) in [5, 5.41) is 19.1. The van der Waals surface area contributed by atoms with Gasteiger partial charge >= 0.3 is 5.69 Å². The maximum atomic E-state index is 11.7. The van der Waals surface area contributed by atoms with Gasteiger partial charge in [-0.1, -0.05) is 11.6 Å². The third-order valence-electron chi connectivity index (χ3n) is 3.32. The van der Waals surface area contributed by atoms with Gasteiger partial charge in [-0.3, -0.25) is 20.3 Å². The van der Waals surface area contributed by atoms with Crippen LogP contribution in [-0.2, 0) is 7.05 Å². The zero-order chi connectivity index (χ0) is 20.0. The van der Waals surface area contributed by atoms with Crippen LogP contribution in [0.15, 0.2) is 28.2 Å². The second kappa shape index (κ2) is 8.99. The van der Waals surface area contributed by atoms with E-state index in [1.54, 1.807) is 19.9 Å². The van der Waals surface area contributed by atoms with Crippen LogP contribution < -0.4 is 20.5 Å². The van der Waals surface area contributed by atoms with Gasteiger partial charge < -0.3 is 9.47 Å². The first kappa shape index (κ1) is 20.2. The number of hydrogen-bond donors (Lipinski definition) is 1. The summed E-state index contributed by atoms with van der Waals surface area (Å²) in [4.78, 5) is 22.5. The highest BCUT2D eigenvalue weighted by Crippen LogP contribution is 2.38. The number of nitro benzene ring substituents is 1. The van der Waals surface area contributed by atoms with Gasteiger partial charge in [0.25, 0.3) is 5.56 Å². The van der Waals surface area contributed by atoms with Crippen molar-refractivity contribution < 1.29 is 14.4 Å². The monoisotopic (exact) mass is 395 g/mol. The molecule has 1 aromatic carbocycles. The van der Waals surface area contributed by atoms with Crippen LogP contribution in [0.4, 0.5) is 11.4 Å². The average Bonchev–Trinajstić information content (AvgIpc) is 2.63. The van der Waals surface area contributed by atoms with Crippen LogP contribution in [0.1, 0.15) is 19.4 Å². The third-order valence-corrected chi connectivity index (χ3v) is 3.68. The fraction of sp³-hybridized carbons (Fsp3) is 0.312. The first-order valence-electron chi connectivity index (χ1n) is 7.97. The van der Waals surface area contributed by atoms with Crippen molar-refractivity contribution in [2.45, 2.75) is 13.8 Å². The fourth-order valence-corrected chi connectivity index (χ4v) is 2.35. The fourth-order valence-electron chi connectivity index (χ4n) is 2.14. The van der Waals surface area contributed by atoms with Crippen LogP contribution in [-0.4, -0.2) is 34.1 Å². The number of hydrazone groups is 1. The minimum Gasteiger partial charge on any atom is -0.490 e. The Morgan fingerprint density at radius 3 is 2.70 bits per heavy atom. The lowest BCUT2D eigenvalue weighted by Gasteiger charge is -2.11. The number of nitrogens with one attached hydrogen (secondary N) is 1. The summed E-state index contributed by atoms with van der Waals surface area (Å²) in [5.74, 6) is 0.302. The molecule has 0 unspecified atom stereocenters. The number of benzene rings is 1. The Hall–Kier alpha value is -3.14. The lowest BCUT2D eigenvalue weighted by molar-refractivity contribution is -0.385. The molecule has 0 aliphatic rings. The average molecular weight is 396 g/mol. The van der Waals surface area contributed by atoms with E-state index < -0.39 is 10.5 Å². The molecule has 0 saturated heterocycles. The molecule has 1 aromatic heterocycles. The molecule has 144 valence electrons. The van der Waals surface area contributed by atoms with E-state index in [-0.39, 0.29) is 34.5 Å². The smallest absolute Gasteiger partial charge is 0.315 e. The van der Waals surface area contributed by atoms with Crippen LogP contribution in [0.3, 0.4) is 0 Å². The minimum atomic E-state index is -0.556. The van der Waals surface area contributed by atoms with Gasteiger partial charge in [0.05, 0.1) is 30.5 Å². The molecule has 0 fully saturated rings. The highest BCUT2D eigenvalue weighted by Gasteiger charge is 2.22. The second-order valence-electron chi connectivity index (χ2n) is 5.16. The van der Waals surface area contributed by atoms with Gasteiger partial charge in [-0.05, 0) is 19.9 Å². The van der Waals surface area contributed by atoms with Crippen LogP contribution in [0, 0.1) is 10.1 Å². The summed E-state index contributed by atoms with van der Waals surface area (Å²) in [6.07, 6.45) is 2.67. The van der Waals surface area contributed by atoms with Crippen molar-refractivity contribution in [2.24, 2.45) is 12.1 Å². The van der Waals surface area contributed by atoms with Crippen molar-refractivity contribution >= 4 is 29.2 Å². The molecule has 0 spiro atoms. The second-order valence-corrected chi connectivity index (χ2v) is 5.54. The quantitative estimate of drug-likeness (QED) is 0.414. The van der Waals surface area contributed by atoms with E-state index in [1.807, 2.05) is 0 Å². The maximum absolute atomic E-state index is 11.7. The Morgan fingerprint density at radius 2 is 2.07 bits per heavy atom. The predicted molar refractivity (Wildman–Crippen MR) is 101 cm³/mol. The van der Waals surface area contributed by atoms with Gasteiger partial charge in [-0.15, -0.1) is 0 Å². The van der Waals surface area contributed by atoms with Gasteiger partial charge in [0, 0.05) is 18.7 Å².